The molecule has 306 valence electrons. The van der Waals surface area contributed by atoms with E-state index in [9.17, 15) is 19.8 Å². The van der Waals surface area contributed by atoms with Gasteiger partial charge in [0.15, 0.2) is 0 Å². The summed E-state index contributed by atoms with van der Waals surface area (Å²) in [7, 11) is 9.51. The van der Waals surface area contributed by atoms with Gasteiger partial charge in [0.1, 0.15) is 17.9 Å². The molecule has 3 unspecified atom stereocenters. The second kappa shape index (κ2) is 18.3. The second-order valence-electron chi connectivity index (χ2n) is 18.6. The van der Waals surface area contributed by atoms with Gasteiger partial charge in [0, 0.05) is 61.2 Å². The number of hydrogen-bond donors (Lipinski definition) is 3. The van der Waals surface area contributed by atoms with Crippen LogP contribution in [0.5, 0.6) is 5.75 Å². The third kappa shape index (κ3) is 11.2. The molecule has 0 aromatic heterocycles. The molecule has 1 heterocycles. The minimum atomic E-state index is -0.937. The summed E-state index contributed by atoms with van der Waals surface area (Å²) >= 11 is 0. The van der Waals surface area contributed by atoms with Gasteiger partial charge >= 0.3 is 0 Å². The molecule has 2 aliphatic rings. The summed E-state index contributed by atoms with van der Waals surface area (Å²) in [5.74, 6) is 0.346. The van der Waals surface area contributed by atoms with E-state index < -0.39 is 30.1 Å². The number of nitrogens with zero attached hydrogens (tertiary/aromatic N) is 4. The zero-order chi connectivity index (χ0) is 41.0. The van der Waals surface area contributed by atoms with Gasteiger partial charge in [0.05, 0.1) is 26.4 Å². The number of para-hydroxylation sites is 1. The molecule has 0 spiro atoms. The molecule has 2 amide bonds. The Labute approximate surface area is 330 Å². The van der Waals surface area contributed by atoms with Crippen molar-refractivity contribution in [1.29, 1.82) is 0 Å². The maximum atomic E-state index is 14.0. The summed E-state index contributed by atoms with van der Waals surface area (Å²) in [4.78, 5) is 42.8. The number of anilines is 1. The predicted octanol–water partition coefficient (Wildman–Crippen LogP) is 6.30. The Bertz CT molecular complexity index is 1650. The van der Waals surface area contributed by atoms with E-state index >= 15 is 0 Å². The van der Waals surface area contributed by atoms with Crippen LogP contribution < -0.4 is 15.0 Å². The minimum Gasteiger partial charge on any atom is -0.496 e. The van der Waals surface area contributed by atoms with Crippen LogP contribution in [-0.2, 0) is 16.2 Å². The van der Waals surface area contributed by atoms with Crippen LogP contribution >= 0.6 is 0 Å². The minimum absolute atomic E-state index is 0.0317. The number of aliphatic hydroxyl groups excluding tert-OH is 2. The van der Waals surface area contributed by atoms with Gasteiger partial charge in [0.2, 0.25) is 0 Å². The van der Waals surface area contributed by atoms with E-state index in [1.807, 2.05) is 69.5 Å². The van der Waals surface area contributed by atoms with Crippen molar-refractivity contribution >= 4 is 23.7 Å². The van der Waals surface area contributed by atoms with E-state index in [4.69, 9.17) is 9.57 Å². The number of rotatable bonds is 14. The molecule has 2 aromatic rings. The molecule has 2 aromatic carbocycles. The smallest absolute Gasteiger partial charge is 0.265 e. The SMILES string of the molecule is COc1c(CN2O[C@@H](CO)C([C@H](C)O)[C@H]2C(=O)N=CC2C[C@@H](C)C(C)(C)C[C@@H]2C)cccc1-c1cc(C(=O)NC(CN(C)C)CC(C)(C)C)cc(N(C)C)c1. The third-order valence-corrected chi connectivity index (χ3v) is 11.7. The van der Waals surface area contributed by atoms with Gasteiger partial charge in [-0.3, -0.25) is 14.4 Å². The maximum absolute atomic E-state index is 14.0. The molecule has 8 atom stereocenters. The first kappa shape index (κ1) is 44.4. The molecular formula is C44H69N5O6. The first-order valence-electron chi connectivity index (χ1n) is 19.9. The molecule has 4 rings (SSSR count). The van der Waals surface area contributed by atoms with Crippen LogP contribution in [0.3, 0.4) is 0 Å². The highest BCUT2D eigenvalue weighted by molar-refractivity contribution is 5.97. The van der Waals surface area contributed by atoms with Gasteiger partial charge in [-0.15, -0.1) is 0 Å². The van der Waals surface area contributed by atoms with Crippen LogP contribution in [0.25, 0.3) is 11.1 Å². The van der Waals surface area contributed by atoms with Crippen LogP contribution in [-0.4, -0.2) is 111 Å². The van der Waals surface area contributed by atoms with Crippen molar-refractivity contribution in [1.82, 2.24) is 15.3 Å². The lowest BCUT2D eigenvalue weighted by molar-refractivity contribution is -0.180. The van der Waals surface area contributed by atoms with E-state index in [0.717, 1.165) is 48.2 Å². The maximum Gasteiger partial charge on any atom is 0.265 e. The number of benzene rings is 2. The summed E-state index contributed by atoms with van der Waals surface area (Å²) < 4.78 is 6.08. The number of methoxy groups -OCH3 is 1. The standard InChI is InChI=1S/C44H69N5O6/c1-27-21-44(7,8)28(2)17-33(27)23-45-42(53)39-38(29(3)51)37(26-50)55-49(39)24-30-15-14-16-36(40(30)54-13)31-18-32(20-35(19-31)48(11)12)41(52)46-34(25-47(9)10)22-43(4,5)6/h14-16,18-20,23,27-29,33-34,37-39,50-51H,17,21-22,24-26H2,1-13H3,(H,46,52)/t27-,28+,29-,33?,34?,37-,38?,39-/m0/s1. The number of hydroxylamine groups is 2. The van der Waals surface area contributed by atoms with Crippen molar-refractivity contribution in [3.8, 4) is 16.9 Å². The van der Waals surface area contributed by atoms with Crippen molar-refractivity contribution in [3.05, 3.63) is 47.5 Å². The number of amides is 2. The molecule has 11 nitrogen and oxygen atoms in total. The largest absolute Gasteiger partial charge is 0.496 e. The number of carbonyl (C=O) groups is 2. The number of aliphatic hydroxyl groups is 2. The van der Waals surface area contributed by atoms with Gasteiger partial charge in [-0.25, -0.2) is 4.99 Å². The van der Waals surface area contributed by atoms with Crippen LogP contribution in [0.4, 0.5) is 5.69 Å². The van der Waals surface area contributed by atoms with Gasteiger partial charge < -0.3 is 30.1 Å². The lowest BCUT2D eigenvalue weighted by atomic mass is 9.62. The van der Waals surface area contributed by atoms with Crippen molar-refractivity contribution in [2.45, 2.75) is 105 Å². The van der Waals surface area contributed by atoms with Crippen molar-refractivity contribution < 1.29 is 29.4 Å². The molecule has 3 N–H and O–H groups in total. The van der Waals surface area contributed by atoms with Crippen molar-refractivity contribution in [2.75, 3.05) is 53.4 Å². The molecule has 1 saturated heterocycles. The zero-order valence-electron chi connectivity index (χ0n) is 35.7. The fourth-order valence-electron chi connectivity index (χ4n) is 8.56. The highest BCUT2D eigenvalue weighted by Crippen LogP contribution is 2.45. The fourth-order valence-corrected chi connectivity index (χ4v) is 8.56. The van der Waals surface area contributed by atoms with Crippen LogP contribution in [0.2, 0.25) is 0 Å². The first-order chi connectivity index (χ1) is 25.6. The van der Waals surface area contributed by atoms with Crippen LogP contribution in [0.15, 0.2) is 41.4 Å². The number of carbonyl (C=O) groups excluding carboxylic acids is 2. The number of aliphatic imine (C=N–C) groups is 1. The van der Waals surface area contributed by atoms with E-state index in [1.54, 1.807) is 25.3 Å². The summed E-state index contributed by atoms with van der Waals surface area (Å²) in [5.41, 5.74) is 3.95. The number of hydrogen-bond acceptors (Lipinski definition) is 9. The van der Waals surface area contributed by atoms with E-state index in [-0.39, 0.29) is 41.8 Å². The van der Waals surface area contributed by atoms with Crippen LogP contribution in [0.1, 0.15) is 90.6 Å². The number of nitrogens with one attached hydrogen (secondary N) is 1. The number of likely N-dealkylation sites (N-methyl/N-ethyl adjacent to an activating group) is 1. The molecule has 2 fully saturated rings. The summed E-state index contributed by atoms with van der Waals surface area (Å²) in [6.07, 6.45) is 2.90. The highest BCUT2D eigenvalue weighted by atomic mass is 16.7. The van der Waals surface area contributed by atoms with Crippen molar-refractivity contribution in [3.63, 3.8) is 0 Å². The molecular weight excluding hydrogens is 695 g/mol. The molecule has 1 aliphatic carbocycles. The molecule has 0 bridgehead atoms. The molecule has 0 radical (unpaired) electrons. The molecule has 55 heavy (non-hydrogen) atoms. The quantitative estimate of drug-likeness (QED) is 0.190. The Morgan fingerprint density at radius 3 is 2.42 bits per heavy atom. The average molecular weight is 764 g/mol. The predicted molar refractivity (Wildman–Crippen MR) is 221 cm³/mol. The Kier molecular flexibility index (Phi) is 14.7. The average Bonchev–Trinajstić information content (AvgIpc) is 3.46. The third-order valence-electron chi connectivity index (χ3n) is 11.7. The molecule has 1 saturated carbocycles. The van der Waals surface area contributed by atoms with E-state index in [2.05, 4.69) is 63.7 Å². The Hall–Kier alpha value is -3.35. The fraction of sp³-hybridized carbons (Fsp3) is 0.659. The number of ether oxygens (including phenoxy) is 1. The summed E-state index contributed by atoms with van der Waals surface area (Å²) in [6, 6.07) is 10.6. The lowest BCUT2D eigenvalue weighted by Crippen LogP contribution is -2.43. The summed E-state index contributed by atoms with van der Waals surface area (Å²) in [6.45, 7) is 17.7. The Morgan fingerprint density at radius 2 is 1.84 bits per heavy atom. The van der Waals surface area contributed by atoms with Gasteiger partial charge in [-0.05, 0) is 92.6 Å². The summed E-state index contributed by atoms with van der Waals surface area (Å²) in [5, 5.41) is 26.1. The zero-order valence-corrected chi connectivity index (χ0v) is 35.7. The Morgan fingerprint density at radius 1 is 1.15 bits per heavy atom. The van der Waals surface area contributed by atoms with Crippen molar-refractivity contribution in [2.24, 2.45) is 39.5 Å². The van der Waals surface area contributed by atoms with Gasteiger partial charge in [-0.1, -0.05) is 66.7 Å². The first-order valence-corrected chi connectivity index (χ1v) is 19.9. The van der Waals surface area contributed by atoms with E-state index in [0.29, 0.717) is 23.1 Å². The monoisotopic (exact) mass is 764 g/mol. The van der Waals surface area contributed by atoms with Gasteiger partial charge in [0.25, 0.3) is 11.8 Å². The normalized spacial score (nSPS) is 25.6. The van der Waals surface area contributed by atoms with E-state index in [1.165, 1.54) is 0 Å². The van der Waals surface area contributed by atoms with Gasteiger partial charge in [-0.2, -0.15) is 5.06 Å². The second-order valence-corrected chi connectivity index (χ2v) is 18.6. The topological polar surface area (TPSA) is 127 Å². The molecule has 1 aliphatic heterocycles. The lowest BCUT2D eigenvalue weighted by Gasteiger charge is -2.43. The van der Waals surface area contributed by atoms with Crippen LogP contribution in [0, 0.1) is 34.5 Å². The highest BCUT2D eigenvalue weighted by Gasteiger charge is 2.49. The Balaban J connectivity index is 1.69. The molecule has 11 heteroatoms.